The summed E-state index contributed by atoms with van der Waals surface area (Å²) < 4.78 is 46.6. The van der Waals surface area contributed by atoms with Crippen molar-refractivity contribution in [2.75, 3.05) is 46.2 Å². The fraction of sp³-hybridized carbons (Fsp3) is 0.925. The Morgan fingerprint density at radius 3 is 0.928 bits per heavy atom. The van der Waals surface area contributed by atoms with Crippen LogP contribution in [0.4, 0.5) is 0 Å². The van der Waals surface area contributed by atoms with Crippen LogP contribution in [0, 0.1) is 95.6 Å². The quantitative estimate of drug-likeness (QED) is 0.0357. The molecule has 2 fully saturated rings. The lowest BCUT2D eigenvalue weighted by atomic mass is 9.89. The summed E-state index contributed by atoms with van der Waals surface area (Å²) in [5.74, 6) is 0.890. The van der Waals surface area contributed by atoms with Crippen LogP contribution in [0.3, 0.4) is 0 Å². The van der Waals surface area contributed by atoms with Crippen LogP contribution in [0.1, 0.15) is 479 Å². The fourth-order valence-corrected chi connectivity index (χ4v) is 11.7. The van der Waals surface area contributed by atoms with Gasteiger partial charge in [-0.25, -0.2) is 4.79 Å². The van der Waals surface area contributed by atoms with E-state index in [1.807, 2.05) is 118 Å². The molecule has 2 aliphatic rings. The molecule has 18 heteroatoms. The number of nitrogens with two attached hydrogens (primary N) is 1. The summed E-state index contributed by atoms with van der Waals surface area (Å²) in [6, 6.07) is -0.486. The Morgan fingerprint density at radius 1 is 0.312 bits per heavy atom. The van der Waals surface area contributed by atoms with E-state index in [1.165, 1.54) is 44.9 Å². The minimum absolute atomic E-state index is 0.0231. The molecule has 2 N–H and O–H groups in total. The van der Waals surface area contributed by atoms with Crippen molar-refractivity contribution in [3.63, 3.8) is 0 Å². The first-order chi connectivity index (χ1) is 56.2. The molecule has 18 nitrogen and oxygen atoms in total. The van der Waals surface area contributed by atoms with E-state index in [9.17, 15) is 38.4 Å². The van der Waals surface area contributed by atoms with Crippen LogP contribution < -0.4 is 5.73 Å². The highest BCUT2D eigenvalue weighted by Gasteiger charge is 2.29. The van der Waals surface area contributed by atoms with Crippen molar-refractivity contribution >= 4 is 47.8 Å². The molecule has 0 aromatic heterocycles. The first-order valence-electron chi connectivity index (χ1n) is 49.0. The number of carbonyl (C=O) groups is 8. The number of hydrogen-bond donors (Lipinski definition) is 1. The monoisotopic (exact) mass is 1790 g/mol. The van der Waals surface area contributed by atoms with E-state index in [0.717, 1.165) is 96.3 Å². The third-order valence-electron chi connectivity index (χ3n) is 18.6. The molecule has 0 heterocycles. The van der Waals surface area contributed by atoms with Gasteiger partial charge < -0.3 is 48.4 Å². The average Bonchev–Trinajstić information content (AvgIpc) is 1.90. The maximum Gasteiger partial charge on any atom is 0.332 e. The van der Waals surface area contributed by atoms with E-state index in [-0.39, 0.29) is 123 Å². The van der Waals surface area contributed by atoms with Gasteiger partial charge in [0.05, 0.1) is 69.1 Å². The number of hydrogen-bond acceptors (Lipinski definition) is 18. The maximum absolute atomic E-state index is 11.7. The van der Waals surface area contributed by atoms with E-state index in [0.29, 0.717) is 104 Å². The van der Waals surface area contributed by atoms with Gasteiger partial charge in [0.1, 0.15) is 12.6 Å². The van der Waals surface area contributed by atoms with Gasteiger partial charge in [0, 0.05) is 25.9 Å². The SMILES string of the molecule is CC(C)(C)CCCOC(=O)C1CCCC1.CC(C)C(N)C(=O)OCCCC(C)(C)C.CC(C)CC(=O)OC(C)CC(C)(C)C.CC(C)CC(=O)OCCC(C)(C)C.CC(C)CC(=O)OCCCC(C)(C)C.CC(CC(C)(C)C)OC(=O)C(C)C.CC(CC(C)(C)C)OC(=O)C1CCCC1.CCC(C)(C)C.CCCC(C)(C)C.CCCOCC(=O)OCC(C)(C)C. The van der Waals surface area contributed by atoms with Crippen molar-refractivity contribution in [2.45, 2.75) is 503 Å². The van der Waals surface area contributed by atoms with Gasteiger partial charge in [-0.2, -0.15) is 0 Å². The van der Waals surface area contributed by atoms with Gasteiger partial charge in [-0.1, -0.05) is 336 Å². The van der Waals surface area contributed by atoms with Crippen LogP contribution >= 0.6 is 0 Å². The van der Waals surface area contributed by atoms with E-state index in [1.54, 1.807) is 0 Å². The minimum atomic E-state index is -0.486. The lowest BCUT2D eigenvalue weighted by Gasteiger charge is -2.24. The molecule has 0 spiro atoms. The molecule has 4 unspecified atom stereocenters. The maximum atomic E-state index is 11.7. The Balaban J connectivity index is -0.000000204. The molecule has 2 rings (SSSR count). The average molecular weight is 1790 g/mol. The van der Waals surface area contributed by atoms with Gasteiger partial charge >= 0.3 is 47.8 Å². The molecule has 2 aliphatic carbocycles. The van der Waals surface area contributed by atoms with Gasteiger partial charge in [-0.3, -0.25) is 33.6 Å². The van der Waals surface area contributed by atoms with E-state index < -0.39 is 6.04 Å². The third-order valence-corrected chi connectivity index (χ3v) is 18.6. The van der Waals surface area contributed by atoms with Gasteiger partial charge in [-0.15, -0.1) is 0 Å². The lowest BCUT2D eigenvalue weighted by molar-refractivity contribution is -0.154. The Bertz CT molecular complexity index is 2630. The summed E-state index contributed by atoms with van der Waals surface area (Å²) in [7, 11) is 0. The predicted octanol–water partition coefficient (Wildman–Crippen LogP) is 29.5. The second-order valence-electron chi connectivity index (χ2n) is 49.3. The number of rotatable bonds is 34. The minimum Gasteiger partial charge on any atom is -0.466 e. The number of carbonyl (C=O) groups excluding carboxylic acids is 8. The zero-order valence-electron chi connectivity index (χ0n) is 91.5. The molecule has 0 bridgehead atoms. The molecule has 750 valence electrons. The normalized spacial score (nSPS) is 14.4. The van der Waals surface area contributed by atoms with Crippen molar-refractivity contribution < 1.29 is 81.0 Å². The summed E-state index contributed by atoms with van der Waals surface area (Å²) in [5.41, 5.74) is 8.67. The Hall–Kier alpha value is -4.32. The van der Waals surface area contributed by atoms with Crippen LogP contribution in [-0.2, 0) is 81.0 Å². The Kier molecular flexibility index (Phi) is 77.7. The predicted molar refractivity (Wildman–Crippen MR) is 528 cm³/mol. The van der Waals surface area contributed by atoms with Gasteiger partial charge in [0.2, 0.25) is 0 Å². The highest BCUT2D eigenvalue weighted by Crippen LogP contribution is 2.31. The molecule has 125 heavy (non-hydrogen) atoms. The zero-order valence-corrected chi connectivity index (χ0v) is 91.5. The van der Waals surface area contributed by atoms with Gasteiger partial charge in [-0.05, 0) is 201 Å². The summed E-state index contributed by atoms with van der Waals surface area (Å²) in [6.07, 6.45) is 25.3. The van der Waals surface area contributed by atoms with Crippen molar-refractivity contribution in [1.29, 1.82) is 0 Å². The molecular formula is C107H215NO17. The Morgan fingerprint density at radius 2 is 0.632 bits per heavy atom. The molecule has 0 aromatic rings. The molecular weight excluding hydrogens is 1570 g/mol. The Labute approximate surface area is 775 Å². The molecule has 0 saturated heterocycles. The van der Waals surface area contributed by atoms with Crippen LogP contribution in [0.2, 0.25) is 0 Å². The van der Waals surface area contributed by atoms with E-state index >= 15 is 0 Å². The first kappa shape index (κ1) is 136. The van der Waals surface area contributed by atoms with Crippen molar-refractivity contribution in [3.8, 4) is 0 Å². The first-order valence-corrected chi connectivity index (χ1v) is 49.0. The van der Waals surface area contributed by atoms with E-state index in [2.05, 4.69) is 201 Å². The third kappa shape index (κ3) is 120. The summed E-state index contributed by atoms with van der Waals surface area (Å²) >= 11 is 0. The molecule has 0 aromatic carbocycles. The molecule has 0 radical (unpaired) electrons. The van der Waals surface area contributed by atoms with Crippen LogP contribution in [0.25, 0.3) is 0 Å². The number of esters is 8. The van der Waals surface area contributed by atoms with E-state index in [4.69, 9.17) is 48.4 Å². The van der Waals surface area contributed by atoms with Crippen molar-refractivity contribution in [3.05, 3.63) is 0 Å². The van der Waals surface area contributed by atoms with Crippen LogP contribution in [-0.4, -0.2) is 118 Å². The summed E-state index contributed by atoms with van der Waals surface area (Å²) in [5, 5.41) is 0. The second-order valence-corrected chi connectivity index (χ2v) is 49.3. The smallest absolute Gasteiger partial charge is 0.332 e. The van der Waals surface area contributed by atoms with Crippen molar-refractivity contribution in [2.24, 2.45) is 101 Å². The molecule has 4 atom stereocenters. The molecule has 2 saturated carbocycles. The highest BCUT2D eigenvalue weighted by atomic mass is 16.6. The van der Waals surface area contributed by atoms with Gasteiger partial charge in [0.15, 0.2) is 0 Å². The standard InChI is InChI=1S/2C13H24O2.C12H25NO2.2C12H24O2.2C11H22O2.C10H20O3.C7H16.C6H14/c1-10(9-13(2,3)4)15-12(14)11-7-5-6-8-11;1-13(2,3)9-6-10-15-12(14)11-7-4-5-8-11;1-9(2)10(13)11(14)15-8-6-7-12(3,4)5;1-9(2)7-11(13)14-10(3)8-12(4,5)6;1-10(2)9-11(13)14-8-6-7-12(3,4)5;1-8(2)10(12)13-9(3)7-11(4,5)6;1-9(2)8-10(12)13-7-6-11(3,4)5;1-5-6-12-7-9(11)13-8-10(2,3)4;1-5-6-7(2,3)4;1-5-6(2,3)4/h10-11H,5-9H2,1-4H3;11H,4-10H2,1-3H3;9-10H,6-8,13H2,1-5H3;9-10H,7-8H2,1-6H3;10H,6-9H2,1-5H3;8-9H,7H2,1-6H3;9H,6-8H2,1-5H3;5-8H2,1-4H3;5-6H2,1-4H3;5H2,1-4H3. The largest absolute Gasteiger partial charge is 0.466 e. The summed E-state index contributed by atoms with van der Waals surface area (Å²) in [4.78, 5) is 90.5. The second kappa shape index (κ2) is 71.4. The van der Waals surface area contributed by atoms with Crippen LogP contribution in [0.5, 0.6) is 0 Å². The zero-order chi connectivity index (χ0) is 100.0. The topological polar surface area (TPSA) is 246 Å². The molecule has 0 amide bonds. The lowest BCUT2D eigenvalue weighted by Crippen LogP contribution is -2.37. The van der Waals surface area contributed by atoms with Gasteiger partial charge in [0.25, 0.3) is 0 Å². The molecule has 0 aliphatic heterocycles. The van der Waals surface area contributed by atoms with Crippen LogP contribution in [0.15, 0.2) is 0 Å². The fourth-order valence-electron chi connectivity index (χ4n) is 11.7. The highest BCUT2D eigenvalue weighted by molar-refractivity contribution is 5.76. The van der Waals surface area contributed by atoms with Crippen molar-refractivity contribution in [1.82, 2.24) is 0 Å². The summed E-state index contributed by atoms with van der Waals surface area (Å²) in [6.45, 7) is 101. The number of ether oxygens (including phenoxy) is 9.